The number of cyclic esters (lactones) is 1. The fraction of sp³-hybridized carbons (Fsp3) is 0.759. The monoisotopic (exact) mass is 1060 g/mol. The quantitative estimate of drug-likeness (QED) is 0.102. The zero-order chi connectivity index (χ0) is 56.1. The number of rotatable bonds is 16. The number of aromatic nitrogens is 1. The van der Waals surface area contributed by atoms with E-state index in [-0.39, 0.29) is 49.3 Å². The van der Waals surface area contributed by atoms with Crippen molar-refractivity contribution in [3.05, 3.63) is 45.7 Å². The first-order chi connectivity index (χ1) is 35.1. The average Bonchev–Trinajstić information content (AvgIpc) is 3.36. The molecule has 21 heteroatoms. The second-order valence-corrected chi connectivity index (χ2v) is 21.9. The molecule has 75 heavy (non-hydrogen) atoms. The smallest absolute Gasteiger partial charge is 0.407 e. The van der Waals surface area contributed by atoms with E-state index in [9.17, 15) is 44.4 Å². The summed E-state index contributed by atoms with van der Waals surface area (Å²) in [5, 5.41) is 51.1. The van der Waals surface area contributed by atoms with Crippen molar-refractivity contribution < 1.29 is 77.5 Å². The summed E-state index contributed by atoms with van der Waals surface area (Å²) in [6.07, 6.45) is -9.25. The Hall–Kier alpha value is -4.13. The number of Topliss-reactive ketones (excluding diaryl/α,β-unsaturated/α-hetero) is 1. The maximum Gasteiger partial charge on any atom is 0.407 e. The minimum absolute atomic E-state index is 0.00282. The fourth-order valence-corrected chi connectivity index (χ4v) is 11.4. The van der Waals surface area contributed by atoms with Gasteiger partial charge in [-0.05, 0) is 99.5 Å². The number of carboxylic acids is 1. The summed E-state index contributed by atoms with van der Waals surface area (Å²) in [6.45, 7) is 20.0. The van der Waals surface area contributed by atoms with Crippen LogP contribution in [0.4, 0.5) is 4.79 Å². The van der Waals surface area contributed by atoms with Gasteiger partial charge in [-0.15, -0.1) is 0 Å². The van der Waals surface area contributed by atoms with Crippen LogP contribution in [0.1, 0.15) is 118 Å². The number of hydrogen-bond donors (Lipinski definition) is 6. The van der Waals surface area contributed by atoms with Gasteiger partial charge in [0.15, 0.2) is 18.7 Å². The number of fused-ring (bicyclic) bond motifs is 1. The number of nitrogens with zero attached hydrogens (tertiary/aromatic N) is 2. The van der Waals surface area contributed by atoms with Crippen LogP contribution >= 0.6 is 0 Å². The number of aryl methyl sites for hydroxylation is 1. The highest BCUT2D eigenvalue weighted by molar-refractivity contribution is 5.92. The molecular weight excluding hydrogens is 977 g/mol. The predicted octanol–water partition coefficient (Wildman–Crippen LogP) is 4.00. The number of aliphatic hydroxyl groups excluding tert-OH is 2. The van der Waals surface area contributed by atoms with Crippen molar-refractivity contribution in [2.45, 2.75) is 199 Å². The highest BCUT2D eigenvalue weighted by Crippen LogP contribution is 2.42. The number of carbonyl (C=O) groups is 4. The number of alkyl carbamates (subject to hydrolysis) is 1. The van der Waals surface area contributed by atoms with Crippen LogP contribution in [0.25, 0.3) is 10.9 Å². The maximum absolute atomic E-state index is 14.5. The lowest BCUT2D eigenvalue weighted by Gasteiger charge is -2.50. The van der Waals surface area contributed by atoms with Crippen molar-refractivity contribution in [3.8, 4) is 0 Å². The first kappa shape index (κ1) is 61.7. The van der Waals surface area contributed by atoms with E-state index >= 15 is 0 Å². The minimum Gasteiger partial charge on any atom is -0.477 e. The molecule has 3 saturated heterocycles. The molecule has 18 atom stereocenters. The summed E-state index contributed by atoms with van der Waals surface area (Å²) >= 11 is 0. The molecule has 3 fully saturated rings. The molecule has 0 saturated carbocycles. The van der Waals surface area contributed by atoms with Crippen LogP contribution in [0.2, 0.25) is 0 Å². The molecule has 0 aliphatic carbocycles. The van der Waals surface area contributed by atoms with Gasteiger partial charge in [-0.2, -0.15) is 0 Å². The number of benzene rings is 1. The number of carboxylic acid groups (broad SMARTS) is 1. The third-order valence-corrected chi connectivity index (χ3v) is 16.1. The molecule has 1 aromatic heterocycles. The van der Waals surface area contributed by atoms with Gasteiger partial charge < -0.3 is 78.4 Å². The van der Waals surface area contributed by atoms with E-state index in [4.69, 9.17) is 37.9 Å². The van der Waals surface area contributed by atoms with Crippen molar-refractivity contribution in [2.24, 2.45) is 23.7 Å². The largest absolute Gasteiger partial charge is 0.477 e. The first-order valence-electron chi connectivity index (χ1n) is 26.3. The van der Waals surface area contributed by atoms with Gasteiger partial charge in [0, 0.05) is 82.2 Å². The average molecular weight is 1060 g/mol. The number of hydrogen-bond acceptors (Lipinski definition) is 18. The van der Waals surface area contributed by atoms with Crippen LogP contribution in [0, 0.1) is 23.7 Å². The predicted molar refractivity (Wildman–Crippen MR) is 276 cm³/mol. The lowest BCUT2D eigenvalue weighted by Crippen LogP contribution is -2.62. The molecule has 0 unspecified atom stereocenters. The SMILES string of the molecule is CC[C@H]1OC(=O)[C@H](C)[C@@H](O[C@H]2C[C@@](C)(OC)[C@@H](OC(=O)NCCNCc3ccc4c(c3)c(=O)c(C(=O)O)cn4CC)[C@H](C)O2)[C@H](C)[C@@H](O[C@@H]2O[C@H](C)C[C@H](N(C)C)[C@H]2O)[C@](C)(OC)C[C@@H](C)C(=O)[C@H](C)[C@@H](O)[C@]1(C)O. The molecule has 21 nitrogen and oxygen atoms in total. The van der Waals surface area contributed by atoms with Gasteiger partial charge >= 0.3 is 18.0 Å². The number of ether oxygens (including phenoxy) is 8. The number of aliphatic hydroxyl groups is 3. The number of pyridine rings is 1. The Morgan fingerprint density at radius 3 is 2.15 bits per heavy atom. The fourth-order valence-electron chi connectivity index (χ4n) is 11.4. The molecule has 1 amide bonds. The van der Waals surface area contributed by atoms with E-state index in [1.54, 1.807) is 58.2 Å². The van der Waals surface area contributed by atoms with E-state index in [1.807, 2.05) is 45.8 Å². The van der Waals surface area contributed by atoms with E-state index < -0.39 is 119 Å². The summed E-state index contributed by atoms with van der Waals surface area (Å²) in [6, 6.07) is 4.95. The van der Waals surface area contributed by atoms with Crippen molar-refractivity contribution in [3.63, 3.8) is 0 Å². The Morgan fingerprint density at radius 2 is 1.55 bits per heavy atom. The van der Waals surface area contributed by atoms with Crippen LogP contribution in [0.15, 0.2) is 29.2 Å². The van der Waals surface area contributed by atoms with Crippen molar-refractivity contribution in [2.75, 3.05) is 41.4 Å². The van der Waals surface area contributed by atoms with Crippen LogP contribution in [-0.2, 0) is 60.6 Å². The first-order valence-corrected chi connectivity index (χ1v) is 26.3. The summed E-state index contributed by atoms with van der Waals surface area (Å²) in [4.78, 5) is 68.8. The molecule has 0 bridgehead atoms. The number of esters is 1. The zero-order valence-electron chi connectivity index (χ0n) is 46.6. The molecule has 0 radical (unpaired) electrons. The van der Waals surface area contributed by atoms with Crippen LogP contribution in [0.5, 0.6) is 0 Å². The van der Waals surface area contributed by atoms with Gasteiger partial charge in [0.25, 0.3) is 0 Å². The maximum atomic E-state index is 14.5. The van der Waals surface area contributed by atoms with Gasteiger partial charge in [0.05, 0.1) is 47.6 Å². The third-order valence-electron chi connectivity index (χ3n) is 16.1. The van der Waals surface area contributed by atoms with Crippen molar-refractivity contribution in [1.29, 1.82) is 0 Å². The van der Waals surface area contributed by atoms with E-state index in [0.29, 0.717) is 37.0 Å². The van der Waals surface area contributed by atoms with Crippen molar-refractivity contribution >= 4 is 34.7 Å². The van der Waals surface area contributed by atoms with E-state index in [2.05, 4.69) is 10.6 Å². The highest BCUT2D eigenvalue weighted by atomic mass is 16.7. The number of ketones is 1. The molecule has 4 heterocycles. The number of methoxy groups -OCH3 is 2. The molecule has 3 aliphatic heterocycles. The molecule has 2 aromatic rings. The number of aromatic carboxylic acids is 1. The lowest BCUT2D eigenvalue weighted by atomic mass is 9.74. The third kappa shape index (κ3) is 13.8. The van der Waals surface area contributed by atoms with Crippen LogP contribution < -0.4 is 16.1 Å². The second-order valence-electron chi connectivity index (χ2n) is 21.9. The van der Waals surface area contributed by atoms with Gasteiger partial charge in [-0.25, -0.2) is 9.59 Å². The summed E-state index contributed by atoms with van der Waals surface area (Å²) in [7, 11) is 6.68. The Labute approximate surface area is 441 Å². The molecule has 6 N–H and O–H groups in total. The van der Waals surface area contributed by atoms with Gasteiger partial charge in [0.1, 0.15) is 34.8 Å². The normalized spacial score (nSPS) is 37.5. The highest BCUT2D eigenvalue weighted by Gasteiger charge is 2.55. The Morgan fingerprint density at radius 1 is 0.893 bits per heavy atom. The Balaban J connectivity index is 1.38. The van der Waals surface area contributed by atoms with Crippen molar-refractivity contribution in [1.82, 2.24) is 20.1 Å². The molecule has 424 valence electrons. The molecular formula is C54H86N4O17. The van der Waals surface area contributed by atoms with Crippen LogP contribution in [0.3, 0.4) is 0 Å². The topological polar surface area (TPSA) is 272 Å². The summed E-state index contributed by atoms with van der Waals surface area (Å²) in [5.74, 6) is -6.19. The summed E-state index contributed by atoms with van der Waals surface area (Å²) in [5.41, 5.74) is -4.08. The Bertz CT molecular complexity index is 2350. The summed E-state index contributed by atoms with van der Waals surface area (Å²) < 4.78 is 52.8. The standard InChI is InChI=1S/C54H86N4O17/c1-16-39-54(11,67)45(62)30(5)41(59)28(3)24-52(9,68-14)46(74-50-43(61)38(57(12)13)22-29(4)70-50)31(6)44(32(7)49(65)72-39)73-40-25-53(10,69-15)47(33(8)71-40)75-51(66)56-21-20-55-26-34-18-19-37-35(23-34)42(60)36(48(63)64)27-58(37)17-2/h18-19,23,27-33,38-40,43-47,50,55,61-62,67H,16-17,20-22,24-26H2,1-15H3,(H,56,66)(H,63,64)/t28-,29-,30+,31+,32-,33+,38+,39-,40+,43-,44+,45-,46-,47+,50+,52-,53-,54-/m1/s1. The number of nitrogens with one attached hydrogen (secondary N) is 2. The van der Waals surface area contributed by atoms with Gasteiger partial charge in [0.2, 0.25) is 5.43 Å². The molecule has 5 rings (SSSR count). The minimum atomic E-state index is -2.04. The Kier molecular flexibility index (Phi) is 21.0. The van der Waals surface area contributed by atoms with Gasteiger partial charge in [-0.3, -0.25) is 14.4 Å². The second kappa shape index (κ2) is 25.6. The molecule has 3 aliphatic rings. The van der Waals surface area contributed by atoms with Crippen LogP contribution in [-0.4, -0.2) is 179 Å². The van der Waals surface area contributed by atoms with Gasteiger partial charge in [-0.1, -0.05) is 33.8 Å². The molecule has 1 aromatic carbocycles. The van der Waals surface area contributed by atoms with E-state index in [0.717, 1.165) is 5.56 Å². The number of carbonyl (C=O) groups excluding carboxylic acids is 3. The zero-order valence-corrected chi connectivity index (χ0v) is 46.6. The van der Waals surface area contributed by atoms with E-state index in [1.165, 1.54) is 34.3 Å². The number of likely N-dealkylation sites (N-methyl/N-ethyl adjacent to an activating group) is 1. The lowest BCUT2D eigenvalue weighted by molar-refractivity contribution is -0.319. The molecule has 0 spiro atoms. The number of amides is 1.